The molecular weight excluding hydrogens is 422 g/mol. The summed E-state index contributed by atoms with van der Waals surface area (Å²) in [7, 11) is 3.76. The number of benzene rings is 2. The normalized spacial score (nSPS) is 13.8. The lowest BCUT2D eigenvalue weighted by molar-refractivity contribution is 0.0383. The predicted octanol–water partition coefficient (Wildman–Crippen LogP) is 2.86. The number of hydrogen-bond acceptors (Lipinski definition) is 6. The standard InChI is InChI=1S/C24H33N5O4/c1-4-33-20-8-5-18(6-9-20)26-24(31)27-19-7-10-22(28(2)3)21(17-19)23(30)25-11-12-29-13-15-32-16-14-29/h5-10,17H,4,11-16H2,1-3H3,(H,25,30)(H2,26,27,31). The number of hydrogen-bond donors (Lipinski definition) is 3. The topological polar surface area (TPSA) is 95.2 Å². The average molecular weight is 456 g/mol. The third kappa shape index (κ3) is 7.37. The van der Waals surface area contributed by atoms with Gasteiger partial charge in [0.05, 0.1) is 25.4 Å². The van der Waals surface area contributed by atoms with Crippen molar-refractivity contribution >= 4 is 29.0 Å². The Bertz CT molecular complexity index is 927. The van der Waals surface area contributed by atoms with Crippen LogP contribution in [0.3, 0.4) is 0 Å². The van der Waals surface area contributed by atoms with Gasteiger partial charge in [-0.15, -0.1) is 0 Å². The lowest BCUT2D eigenvalue weighted by Crippen LogP contribution is -2.41. The van der Waals surface area contributed by atoms with Crippen LogP contribution in [0.1, 0.15) is 17.3 Å². The maximum absolute atomic E-state index is 12.9. The van der Waals surface area contributed by atoms with E-state index in [1.54, 1.807) is 36.4 Å². The minimum absolute atomic E-state index is 0.178. The van der Waals surface area contributed by atoms with Crippen molar-refractivity contribution in [3.05, 3.63) is 48.0 Å². The van der Waals surface area contributed by atoms with E-state index in [9.17, 15) is 9.59 Å². The fourth-order valence-electron chi connectivity index (χ4n) is 3.53. The fraction of sp³-hybridized carbons (Fsp3) is 0.417. The number of ether oxygens (including phenoxy) is 2. The van der Waals surface area contributed by atoms with E-state index in [-0.39, 0.29) is 5.91 Å². The zero-order valence-corrected chi connectivity index (χ0v) is 19.5. The quantitative estimate of drug-likeness (QED) is 0.538. The Morgan fingerprint density at radius 1 is 1.03 bits per heavy atom. The molecule has 0 atom stereocenters. The maximum atomic E-state index is 12.9. The van der Waals surface area contributed by atoms with Crippen LogP contribution < -0.4 is 25.6 Å². The van der Waals surface area contributed by atoms with Crippen LogP contribution in [0.4, 0.5) is 21.9 Å². The van der Waals surface area contributed by atoms with E-state index in [2.05, 4.69) is 20.9 Å². The summed E-state index contributed by atoms with van der Waals surface area (Å²) in [6.07, 6.45) is 0. The molecule has 9 heteroatoms. The van der Waals surface area contributed by atoms with Gasteiger partial charge in [0.15, 0.2) is 0 Å². The summed E-state index contributed by atoms with van der Waals surface area (Å²) < 4.78 is 10.8. The molecule has 1 aliphatic heterocycles. The minimum Gasteiger partial charge on any atom is -0.494 e. The van der Waals surface area contributed by atoms with Gasteiger partial charge in [0.25, 0.3) is 5.91 Å². The van der Waals surface area contributed by atoms with Crippen molar-refractivity contribution in [2.75, 3.05) is 75.6 Å². The largest absolute Gasteiger partial charge is 0.494 e. The summed E-state index contributed by atoms with van der Waals surface area (Å²) in [5.41, 5.74) is 2.45. The molecule has 0 bridgehead atoms. The smallest absolute Gasteiger partial charge is 0.323 e. The SMILES string of the molecule is CCOc1ccc(NC(=O)Nc2ccc(N(C)C)c(C(=O)NCCN3CCOCC3)c2)cc1. The molecule has 2 aromatic carbocycles. The highest BCUT2D eigenvalue weighted by Crippen LogP contribution is 2.23. The van der Waals surface area contributed by atoms with Gasteiger partial charge in [0.1, 0.15) is 5.75 Å². The molecular formula is C24H33N5O4. The molecule has 3 rings (SSSR count). The molecule has 1 heterocycles. The summed E-state index contributed by atoms with van der Waals surface area (Å²) in [6, 6.07) is 12.0. The first-order chi connectivity index (χ1) is 16.0. The van der Waals surface area contributed by atoms with Crippen molar-refractivity contribution < 1.29 is 19.1 Å². The molecule has 0 saturated carbocycles. The Morgan fingerprint density at radius 2 is 1.70 bits per heavy atom. The molecule has 33 heavy (non-hydrogen) atoms. The Labute approximate surface area is 195 Å². The lowest BCUT2D eigenvalue weighted by Gasteiger charge is -2.26. The molecule has 0 aliphatic carbocycles. The van der Waals surface area contributed by atoms with E-state index in [1.165, 1.54) is 0 Å². The number of nitrogens with zero attached hydrogens (tertiary/aromatic N) is 2. The van der Waals surface area contributed by atoms with Gasteiger partial charge in [0.2, 0.25) is 0 Å². The second kappa shape index (κ2) is 12.1. The first-order valence-corrected chi connectivity index (χ1v) is 11.2. The number of carbonyl (C=O) groups excluding carboxylic acids is 2. The number of rotatable bonds is 9. The number of amides is 3. The summed E-state index contributed by atoms with van der Waals surface area (Å²) in [5.74, 6) is 0.564. The Morgan fingerprint density at radius 3 is 2.36 bits per heavy atom. The number of nitrogens with one attached hydrogen (secondary N) is 3. The third-order valence-corrected chi connectivity index (χ3v) is 5.22. The van der Waals surface area contributed by atoms with E-state index in [0.717, 1.165) is 44.3 Å². The molecule has 0 spiro atoms. The van der Waals surface area contributed by atoms with Crippen molar-refractivity contribution in [3.63, 3.8) is 0 Å². The first-order valence-electron chi connectivity index (χ1n) is 11.2. The molecule has 3 amide bonds. The number of anilines is 3. The predicted molar refractivity (Wildman–Crippen MR) is 131 cm³/mol. The summed E-state index contributed by atoms with van der Waals surface area (Å²) >= 11 is 0. The molecule has 1 aliphatic rings. The zero-order valence-electron chi connectivity index (χ0n) is 19.5. The van der Waals surface area contributed by atoms with E-state index >= 15 is 0 Å². The maximum Gasteiger partial charge on any atom is 0.323 e. The minimum atomic E-state index is -0.393. The Kier molecular flexibility index (Phi) is 8.91. The van der Waals surface area contributed by atoms with E-state index in [4.69, 9.17) is 9.47 Å². The molecule has 2 aromatic rings. The molecule has 0 aromatic heterocycles. The van der Waals surface area contributed by atoms with Crippen LogP contribution in [0.25, 0.3) is 0 Å². The van der Waals surface area contributed by atoms with E-state index in [0.29, 0.717) is 30.1 Å². The van der Waals surface area contributed by atoms with Gasteiger partial charge < -0.3 is 30.3 Å². The van der Waals surface area contributed by atoms with E-state index in [1.807, 2.05) is 32.0 Å². The highest BCUT2D eigenvalue weighted by atomic mass is 16.5. The third-order valence-electron chi connectivity index (χ3n) is 5.22. The van der Waals surface area contributed by atoms with Gasteiger partial charge in [-0.2, -0.15) is 0 Å². The van der Waals surface area contributed by atoms with Gasteiger partial charge in [0, 0.05) is 57.3 Å². The van der Waals surface area contributed by atoms with Crippen molar-refractivity contribution in [2.24, 2.45) is 0 Å². The van der Waals surface area contributed by atoms with Crippen LogP contribution in [0.15, 0.2) is 42.5 Å². The molecule has 3 N–H and O–H groups in total. The average Bonchev–Trinajstić information content (AvgIpc) is 2.81. The summed E-state index contributed by atoms with van der Waals surface area (Å²) in [5, 5.41) is 8.57. The molecule has 178 valence electrons. The van der Waals surface area contributed by atoms with Crippen molar-refractivity contribution in [1.82, 2.24) is 10.2 Å². The molecule has 0 unspecified atom stereocenters. The number of urea groups is 1. The summed E-state index contributed by atoms with van der Waals surface area (Å²) in [4.78, 5) is 29.5. The highest BCUT2D eigenvalue weighted by Gasteiger charge is 2.16. The van der Waals surface area contributed by atoms with Crippen molar-refractivity contribution in [3.8, 4) is 5.75 Å². The van der Waals surface area contributed by atoms with Gasteiger partial charge in [-0.1, -0.05) is 0 Å². The molecule has 1 fully saturated rings. The van der Waals surface area contributed by atoms with E-state index < -0.39 is 6.03 Å². The highest BCUT2D eigenvalue weighted by molar-refractivity contribution is 6.04. The van der Waals surface area contributed by atoms with Crippen LogP contribution in [-0.2, 0) is 4.74 Å². The van der Waals surface area contributed by atoms with Gasteiger partial charge in [-0.05, 0) is 49.4 Å². The van der Waals surface area contributed by atoms with Crippen molar-refractivity contribution in [2.45, 2.75) is 6.92 Å². The first kappa shape index (κ1) is 24.3. The van der Waals surface area contributed by atoms with Crippen molar-refractivity contribution in [1.29, 1.82) is 0 Å². The Hall–Kier alpha value is -3.30. The number of carbonyl (C=O) groups is 2. The Balaban J connectivity index is 1.60. The fourth-order valence-corrected chi connectivity index (χ4v) is 3.53. The van der Waals surface area contributed by atoms with Crippen LogP contribution >= 0.6 is 0 Å². The number of morpholine rings is 1. The van der Waals surface area contributed by atoms with Gasteiger partial charge in [-0.25, -0.2) is 4.79 Å². The second-order valence-corrected chi connectivity index (χ2v) is 7.87. The molecule has 0 radical (unpaired) electrons. The van der Waals surface area contributed by atoms with Crippen LogP contribution in [0.5, 0.6) is 5.75 Å². The van der Waals surface area contributed by atoms with Crippen LogP contribution in [0, 0.1) is 0 Å². The molecule has 1 saturated heterocycles. The van der Waals surface area contributed by atoms with Crippen LogP contribution in [-0.4, -0.2) is 76.9 Å². The lowest BCUT2D eigenvalue weighted by atomic mass is 10.1. The summed E-state index contributed by atoms with van der Waals surface area (Å²) in [6.45, 7) is 7.02. The second-order valence-electron chi connectivity index (χ2n) is 7.87. The monoisotopic (exact) mass is 455 g/mol. The van der Waals surface area contributed by atoms with Gasteiger partial charge in [-0.3, -0.25) is 9.69 Å². The molecule has 9 nitrogen and oxygen atoms in total. The van der Waals surface area contributed by atoms with Gasteiger partial charge >= 0.3 is 6.03 Å². The van der Waals surface area contributed by atoms with Crippen LogP contribution in [0.2, 0.25) is 0 Å². The zero-order chi connectivity index (χ0) is 23.6.